The Balaban J connectivity index is 1.78. The molecule has 0 saturated carbocycles. The maximum atomic E-state index is 13.5. The summed E-state index contributed by atoms with van der Waals surface area (Å²) < 4.78 is 17.0. The lowest BCUT2D eigenvalue weighted by Crippen LogP contribution is -2.58. The largest absolute Gasteiger partial charge is 0.497 e. The Kier molecular flexibility index (Phi) is 12.9. The maximum absolute atomic E-state index is 13.5. The molecule has 0 aliphatic rings. The first-order chi connectivity index (χ1) is 21.9. The van der Waals surface area contributed by atoms with Gasteiger partial charge < -0.3 is 30.2 Å². The van der Waals surface area contributed by atoms with Gasteiger partial charge in [-0.3, -0.25) is 9.59 Å². The van der Waals surface area contributed by atoms with Crippen molar-refractivity contribution in [2.45, 2.75) is 71.6 Å². The molecule has 246 valence electrons. The number of aromatic nitrogens is 2. The van der Waals surface area contributed by atoms with Crippen LogP contribution in [0.3, 0.4) is 0 Å². The summed E-state index contributed by atoms with van der Waals surface area (Å²) in [6.45, 7) is 8.37. The number of amides is 3. The fraction of sp³-hybridized carbons (Fsp3) is 0.382. The molecule has 1 aromatic heterocycles. The highest BCUT2D eigenvalue weighted by atomic mass is 16.6. The lowest BCUT2D eigenvalue weighted by atomic mass is 10.0. The summed E-state index contributed by atoms with van der Waals surface area (Å²) in [5, 5.41) is 12.4. The Hall–Kier alpha value is -5.13. The standard InChI is InChI=1S/C34H43N5O7/c1-7-45-31(41)28(25-16-18-27(44-6)19-17-25)22-39-21-26(20-35-39)36-30(40)29(15-11-14-24-12-9-8-10-13-24)37-32(42)34(4,5)38-33(43)46-23(2)3/h8-10,12-13,16-23,29H,7,11,14-15H2,1-6H3,(H,36,40)(H,37,42)(H,38,43)/t29-/m1/s1. The topological polar surface area (TPSA) is 150 Å². The van der Waals surface area contributed by atoms with Crippen molar-refractivity contribution in [3.63, 3.8) is 0 Å². The number of rotatable bonds is 15. The SMILES string of the molecule is CCOC(=O)C(=Cn1cc(NC(=O)[C@@H](CCCc2ccccc2)NC(=O)C(C)(C)NC(=O)OC(C)C)cn1)c1ccc(OC)cc1. The molecular formula is C34H43N5O7. The van der Waals surface area contributed by atoms with Gasteiger partial charge in [-0.2, -0.15) is 5.10 Å². The van der Waals surface area contributed by atoms with E-state index in [0.29, 0.717) is 36.3 Å². The molecule has 0 saturated heterocycles. The molecule has 3 rings (SSSR count). The molecule has 0 fully saturated rings. The molecule has 3 amide bonds. The van der Waals surface area contributed by atoms with Gasteiger partial charge in [-0.1, -0.05) is 42.5 Å². The van der Waals surface area contributed by atoms with Gasteiger partial charge >= 0.3 is 12.1 Å². The summed E-state index contributed by atoms with van der Waals surface area (Å²) in [6.07, 6.45) is 5.01. The number of anilines is 1. The molecule has 1 heterocycles. The summed E-state index contributed by atoms with van der Waals surface area (Å²) in [5.41, 5.74) is 0.940. The third-order valence-corrected chi connectivity index (χ3v) is 6.77. The number of hydrogen-bond acceptors (Lipinski definition) is 8. The Morgan fingerprint density at radius 1 is 1.02 bits per heavy atom. The monoisotopic (exact) mass is 633 g/mol. The van der Waals surface area contributed by atoms with Gasteiger partial charge in [0.1, 0.15) is 17.3 Å². The Morgan fingerprint density at radius 2 is 1.72 bits per heavy atom. The Labute approximate surface area is 269 Å². The van der Waals surface area contributed by atoms with Crippen LogP contribution in [0.15, 0.2) is 67.0 Å². The third-order valence-electron chi connectivity index (χ3n) is 6.77. The minimum Gasteiger partial charge on any atom is -0.497 e. The van der Waals surface area contributed by atoms with Gasteiger partial charge in [-0.25, -0.2) is 14.3 Å². The average molecular weight is 634 g/mol. The van der Waals surface area contributed by atoms with Crippen LogP contribution >= 0.6 is 0 Å². The zero-order chi connectivity index (χ0) is 33.7. The molecule has 0 aliphatic carbocycles. The smallest absolute Gasteiger partial charge is 0.408 e. The van der Waals surface area contributed by atoms with Gasteiger partial charge in [-0.15, -0.1) is 0 Å². The van der Waals surface area contributed by atoms with E-state index in [0.717, 1.165) is 5.56 Å². The summed E-state index contributed by atoms with van der Waals surface area (Å²) in [4.78, 5) is 51.8. The molecule has 0 aliphatic heterocycles. The van der Waals surface area contributed by atoms with Gasteiger partial charge in [0.15, 0.2) is 0 Å². The molecule has 12 nitrogen and oxygen atoms in total. The quantitative estimate of drug-likeness (QED) is 0.159. The molecule has 2 aromatic carbocycles. The van der Waals surface area contributed by atoms with E-state index in [1.165, 1.54) is 37.1 Å². The number of aryl methyl sites for hydroxylation is 1. The molecule has 46 heavy (non-hydrogen) atoms. The van der Waals surface area contributed by atoms with Crippen LogP contribution < -0.4 is 20.7 Å². The molecule has 0 bridgehead atoms. The van der Waals surface area contributed by atoms with Crippen LogP contribution in [0.5, 0.6) is 5.75 Å². The van der Waals surface area contributed by atoms with E-state index in [1.807, 2.05) is 30.3 Å². The van der Waals surface area contributed by atoms with E-state index in [9.17, 15) is 19.2 Å². The van der Waals surface area contributed by atoms with Crippen molar-refractivity contribution in [3.8, 4) is 5.75 Å². The third kappa shape index (κ3) is 10.8. The first kappa shape index (κ1) is 35.4. The van der Waals surface area contributed by atoms with Gasteiger partial charge in [0.25, 0.3) is 0 Å². The van der Waals surface area contributed by atoms with Gasteiger partial charge in [0.05, 0.1) is 43.5 Å². The Bertz CT molecular complexity index is 1500. The number of alkyl carbamates (subject to hydrolysis) is 1. The van der Waals surface area contributed by atoms with Crippen LogP contribution in [0.4, 0.5) is 10.5 Å². The maximum Gasteiger partial charge on any atom is 0.408 e. The van der Waals surface area contributed by atoms with Crippen LogP contribution in [-0.2, 0) is 30.3 Å². The number of esters is 1. The number of nitrogens with zero attached hydrogens (tertiary/aromatic N) is 2. The van der Waals surface area contributed by atoms with Crippen LogP contribution in [-0.4, -0.2) is 65.1 Å². The summed E-state index contributed by atoms with van der Waals surface area (Å²) in [7, 11) is 1.55. The number of methoxy groups -OCH3 is 1. The lowest BCUT2D eigenvalue weighted by Gasteiger charge is -2.28. The second kappa shape index (κ2) is 16.8. The van der Waals surface area contributed by atoms with E-state index >= 15 is 0 Å². The Morgan fingerprint density at radius 3 is 2.35 bits per heavy atom. The molecule has 0 spiro atoms. The van der Waals surface area contributed by atoms with Crippen LogP contribution in [0.25, 0.3) is 11.8 Å². The van der Waals surface area contributed by atoms with Crippen molar-refractivity contribution in [2.75, 3.05) is 19.0 Å². The van der Waals surface area contributed by atoms with Crippen molar-refractivity contribution in [3.05, 3.63) is 78.1 Å². The number of carbonyl (C=O) groups excluding carboxylic acids is 4. The number of ether oxygens (including phenoxy) is 3. The van der Waals surface area contributed by atoms with E-state index < -0.39 is 35.5 Å². The number of benzene rings is 2. The molecule has 0 radical (unpaired) electrons. The molecular weight excluding hydrogens is 590 g/mol. The number of nitrogens with one attached hydrogen (secondary N) is 3. The van der Waals surface area contributed by atoms with Crippen LogP contribution in [0.2, 0.25) is 0 Å². The van der Waals surface area contributed by atoms with E-state index in [-0.39, 0.29) is 18.3 Å². The molecule has 12 heteroatoms. The van der Waals surface area contributed by atoms with Crippen molar-refractivity contribution >= 4 is 41.3 Å². The average Bonchev–Trinajstić information content (AvgIpc) is 3.45. The predicted octanol–water partition coefficient (Wildman–Crippen LogP) is 4.81. The predicted molar refractivity (Wildman–Crippen MR) is 175 cm³/mol. The van der Waals surface area contributed by atoms with Crippen molar-refractivity contribution in [1.29, 1.82) is 0 Å². The first-order valence-electron chi connectivity index (χ1n) is 15.1. The number of hydrogen-bond donors (Lipinski definition) is 3. The zero-order valence-corrected chi connectivity index (χ0v) is 27.2. The highest BCUT2D eigenvalue weighted by Gasteiger charge is 2.33. The molecule has 0 unspecified atom stereocenters. The second-order valence-electron chi connectivity index (χ2n) is 11.3. The normalized spacial score (nSPS) is 12.2. The molecule has 3 aromatic rings. The van der Waals surface area contributed by atoms with Gasteiger partial charge in [-0.05, 0) is 77.1 Å². The lowest BCUT2D eigenvalue weighted by molar-refractivity contribution is -0.136. The van der Waals surface area contributed by atoms with Crippen molar-refractivity contribution in [2.24, 2.45) is 0 Å². The van der Waals surface area contributed by atoms with Crippen molar-refractivity contribution in [1.82, 2.24) is 20.4 Å². The summed E-state index contributed by atoms with van der Waals surface area (Å²) in [5.74, 6) is -0.920. The fourth-order valence-electron chi connectivity index (χ4n) is 4.38. The highest BCUT2D eigenvalue weighted by molar-refractivity contribution is 6.20. The van der Waals surface area contributed by atoms with E-state index in [2.05, 4.69) is 21.0 Å². The summed E-state index contributed by atoms with van der Waals surface area (Å²) in [6, 6.07) is 15.8. The van der Waals surface area contributed by atoms with E-state index in [4.69, 9.17) is 14.2 Å². The van der Waals surface area contributed by atoms with Crippen molar-refractivity contribution < 1.29 is 33.4 Å². The minimum absolute atomic E-state index is 0.190. The van der Waals surface area contributed by atoms with Gasteiger partial charge in [0.2, 0.25) is 11.8 Å². The van der Waals surface area contributed by atoms with Gasteiger partial charge in [0, 0.05) is 6.20 Å². The molecule has 1 atom stereocenters. The number of carbonyl (C=O) groups is 4. The summed E-state index contributed by atoms with van der Waals surface area (Å²) >= 11 is 0. The minimum atomic E-state index is -1.36. The zero-order valence-electron chi connectivity index (χ0n) is 27.2. The fourth-order valence-corrected chi connectivity index (χ4v) is 4.38. The van der Waals surface area contributed by atoms with E-state index in [1.54, 1.807) is 52.1 Å². The van der Waals surface area contributed by atoms with Crippen LogP contribution in [0, 0.1) is 0 Å². The second-order valence-corrected chi connectivity index (χ2v) is 11.3. The highest BCUT2D eigenvalue weighted by Crippen LogP contribution is 2.22. The van der Waals surface area contributed by atoms with Crippen LogP contribution in [0.1, 0.15) is 58.6 Å². The molecule has 3 N–H and O–H groups in total. The first-order valence-corrected chi connectivity index (χ1v) is 15.1.